The van der Waals surface area contributed by atoms with E-state index in [9.17, 15) is 4.79 Å². The first-order chi connectivity index (χ1) is 12.1. The lowest BCUT2D eigenvalue weighted by molar-refractivity contribution is -0.115. The lowest BCUT2D eigenvalue weighted by atomic mass is 10.3. The summed E-state index contributed by atoms with van der Waals surface area (Å²) in [6, 6.07) is 10.7. The largest absolute Gasteiger partial charge is 0.467 e. The van der Waals surface area contributed by atoms with E-state index >= 15 is 0 Å². The van der Waals surface area contributed by atoms with E-state index in [1.165, 1.54) is 23.1 Å². The van der Waals surface area contributed by atoms with Crippen molar-refractivity contribution in [2.75, 3.05) is 10.6 Å². The van der Waals surface area contributed by atoms with Gasteiger partial charge in [0.1, 0.15) is 5.76 Å². The van der Waals surface area contributed by atoms with Crippen LogP contribution in [-0.2, 0) is 11.3 Å². The fourth-order valence-electron chi connectivity index (χ4n) is 1.89. The Labute approximate surface area is 158 Å². The third-order valence-corrected chi connectivity index (χ3v) is 5.48. The highest BCUT2D eigenvalue weighted by Crippen LogP contribution is 2.29. The summed E-state index contributed by atoms with van der Waals surface area (Å²) in [5.41, 5.74) is 0.708. The number of furan rings is 1. The number of aromatic nitrogens is 2. The zero-order chi connectivity index (χ0) is 17.6. The molecule has 130 valence electrons. The van der Waals surface area contributed by atoms with Crippen molar-refractivity contribution in [3.05, 3.63) is 53.4 Å². The Morgan fingerprint density at radius 1 is 1.32 bits per heavy atom. The highest BCUT2D eigenvalue weighted by molar-refractivity contribution is 8.02. The van der Waals surface area contributed by atoms with Gasteiger partial charge in [-0.1, -0.05) is 34.7 Å². The van der Waals surface area contributed by atoms with Gasteiger partial charge in [-0.25, -0.2) is 0 Å². The molecule has 0 saturated heterocycles. The second-order valence-corrected chi connectivity index (χ2v) is 8.06. The minimum absolute atomic E-state index is 0.104. The zero-order valence-electron chi connectivity index (χ0n) is 13.2. The van der Waals surface area contributed by atoms with Gasteiger partial charge in [0.25, 0.3) is 0 Å². The molecule has 1 atom stereocenters. The number of nitrogens with zero attached hydrogens (tertiary/aromatic N) is 2. The number of hydrogen-bond donors (Lipinski definition) is 2. The van der Waals surface area contributed by atoms with Crippen molar-refractivity contribution in [2.24, 2.45) is 0 Å². The first kappa shape index (κ1) is 17.8. The van der Waals surface area contributed by atoms with Crippen LogP contribution in [0.5, 0.6) is 0 Å². The highest BCUT2D eigenvalue weighted by atomic mass is 35.5. The van der Waals surface area contributed by atoms with Gasteiger partial charge in [0.15, 0.2) is 4.34 Å². The quantitative estimate of drug-likeness (QED) is 0.573. The Hall–Kier alpha value is -2.03. The maximum Gasteiger partial charge on any atom is 0.237 e. The fourth-order valence-corrected chi connectivity index (χ4v) is 3.90. The number of nitrogens with one attached hydrogen (secondary N) is 2. The van der Waals surface area contributed by atoms with E-state index in [2.05, 4.69) is 20.8 Å². The van der Waals surface area contributed by atoms with Crippen molar-refractivity contribution in [3.8, 4) is 0 Å². The summed E-state index contributed by atoms with van der Waals surface area (Å²) < 4.78 is 5.97. The van der Waals surface area contributed by atoms with E-state index in [-0.39, 0.29) is 11.2 Å². The van der Waals surface area contributed by atoms with Crippen LogP contribution in [-0.4, -0.2) is 21.4 Å². The molecule has 0 aliphatic heterocycles. The van der Waals surface area contributed by atoms with E-state index in [4.69, 9.17) is 16.0 Å². The molecular formula is C16H15ClN4O2S2. The topological polar surface area (TPSA) is 80.1 Å². The Morgan fingerprint density at radius 3 is 2.84 bits per heavy atom. The van der Waals surface area contributed by atoms with Gasteiger partial charge in [-0.3, -0.25) is 4.79 Å². The summed E-state index contributed by atoms with van der Waals surface area (Å²) >= 11 is 8.60. The van der Waals surface area contributed by atoms with Crippen LogP contribution in [0.3, 0.4) is 0 Å². The number of hydrogen-bond acceptors (Lipinski definition) is 7. The molecule has 1 amide bonds. The molecule has 0 bridgehead atoms. The molecule has 2 N–H and O–H groups in total. The molecule has 9 heteroatoms. The average Bonchev–Trinajstić information content (AvgIpc) is 3.26. The Kier molecular flexibility index (Phi) is 5.95. The second kappa shape index (κ2) is 8.37. The lowest BCUT2D eigenvalue weighted by Crippen LogP contribution is -2.22. The number of amides is 1. The highest BCUT2D eigenvalue weighted by Gasteiger charge is 2.17. The Balaban J connectivity index is 1.51. The molecule has 6 nitrogen and oxygen atoms in total. The van der Waals surface area contributed by atoms with Gasteiger partial charge in [-0.15, -0.1) is 10.2 Å². The number of rotatable bonds is 7. The van der Waals surface area contributed by atoms with Crippen molar-refractivity contribution < 1.29 is 9.21 Å². The van der Waals surface area contributed by atoms with Gasteiger partial charge >= 0.3 is 0 Å². The van der Waals surface area contributed by atoms with Crippen LogP contribution in [0.25, 0.3) is 0 Å². The third kappa shape index (κ3) is 5.22. The number of benzene rings is 1. The van der Waals surface area contributed by atoms with Gasteiger partial charge in [0, 0.05) is 10.7 Å². The summed E-state index contributed by atoms with van der Waals surface area (Å²) in [4.78, 5) is 12.3. The summed E-state index contributed by atoms with van der Waals surface area (Å²) in [5, 5.41) is 15.2. The summed E-state index contributed by atoms with van der Waals surface area (Å²) in [6.07, 6.45) is 1.62. The molecular weight excluding hydrogens is 380 g/mol. The van der Waals surface area contributed by atoms with E-state index in [0.717, 1.165) is 10.1 Å². The maximum absolute atomic E-state index is 12.3. The van der Waals surface area contributed by atoms with Gasteiger partial charge in [-0.2, -0.15) is 0 Å². The molecule has 0 fully saturated rings. The number of thioether (sulfide) groups is 1. The normalized spacial score (nSPS) is 11.9. The first-order valence-corrected chi connectivity index (χ1v) is 9.50. The molecule has 0 unspecified atom stereocenters. The van der Waals surface area contributed by atoms with Crippen LogP contribution in [0.1, 0.15) is 12.7 Å². The SMILES string of the molecule is C[C@@H](Sc1nnc(NCc2ccco2)s1)C(=O)Nc1ccc(Cl)cc1. The first-order valence-electron chi connectivity index (χ1n) is 7.43. The van der Waals surface area contributed by atoms with Crippen LogP contribution in [0, 0.1) is 0 Å². The van der Waals surface area contributed by atoms with Gasteiger partial charge in [0.2, 0.25) is 11.0 Å². The van der Waals surface area contributed by atoms with Gasteiger partial charge in [-0.05, 0) is 43.3 Å². The van der Waals surface area contributed by atoms with E-state index < -0.39 is 0 Å². The maximum atomic E-state index is 12.3. The molecule has 0 saturated carbocycles. The van der Waals surface area contributed by atoms with Gasteiger partial charge in [0.05, 0.1) is 18.1 Å². The van der Waals surface area contributed by atoms with Crippen molar-refractivity contribution in [1.29, 1.82) is 0 Å². The number of halogens is 1. The summed E-state index contributed by atoms with van der Waals surface area (Å²) in [5.74, 6) is 0.715. The molecule has 0 spiro atoms. The van der Waals surface area contributed by atoms with Gasteiger partial charge < -0.3 is 15.1 Å². The van der Waals surface area contributed by atoms with Crippen LogP contribution < -0.4 is 10.6 Å². The van der Waals surface area contributed by atoms with E-state index in [1.807, 2.05) is 19.1 Å². The number of carbonyl (C=O) groups excluding carboxylic acids is 1. The average molecular weight is 395 g/mol. The van der Waals surface area contributed by atoms with Crippen molar-refractivity contribution in [1.82, 2.24) is 10.2 Å². The zero-order valence-corrected chi connectivity index (χ0v) is 15.6. The second-order valence-electron chi connectivity index (χ2n) is 5.06. The van der Waals surface area contributed by atoms with Crippen LogP contribution in [0.15, 0.2) is 51.4 Å². The minimum atomic E-state index is -0.304. The monoisotopic (exact) mass is 394 g/mol. The van der Waals surface area contributed by atoms with E-state index in [1.54, 1.807) is 30.5 Å². The van der Waals surface area contributed by atoms with Crippen LogP contribution >= 0.6 is 34.7 Å². The molecule has 1 aromatic carbocycles. The van der Waals surface area contributed by atoms with Crippen LogP contribution in [0.2, 0.25) is 5.02 Å². The van der Waals surface area contributed by atoms with E-state index in [0.29, 0.717) is 22.4 Å². The Morgan fingerprint density at radius 2 is 2.12 bits per heavy atom. The predicted molar refractivity (Wildman–Crippen MR) is 101 cm³/mol. The number of anilines is 2. The molecule has 0 aliphatic carbocycles. The molecule has 3 aromatic rings. The predicted octanol–water partition coefficient (Wildman–Crippen LogP) is 4.52. The molecule has 0 aliphatic rings. The third-order valence-electron chi connectivity index (χ3n) is 3.16. The Bertz CT molecular complexity index is 821. The lowest BCUT2D eigenvalue weighted by Gasteiger charge is -2.10. The molecule has 2 heterocycles. The summed E-state index contributed by atoms with van der Waals surface area (Å²) in [7, 11) is 0. The number of carbonyl (C=O) groups is 1. The van der Waals surface area contributed by atoms with Crippen molar-refractivity contribution in [2.45, 2.75) is 23.1 Å². The minimum Gasteiger partial charge on any atom is -0.467 e. The van der Waals surface area contributed by atoms with Crippen molar-refractivity contribution >= 4 is 51.4 Å². The molecule has 2 aromatic heterocycles. The van der Waals surface area contributed by atoms with Crippen molar-refractivity contribution in [3.63, 3.8) is 0 Å². The van der Waals surface area contributed by atoms with Crippen LogP contribution in [0.4, 0.5) is 10.8 Å². The summed E-state index contributed by atoms with van der Waals surface area (Å²) in [6.45, 7) is 2.37. The fraction of sp³-hybridized carbons (Fsp3) is 0.188. The molecule has 25 heavy (non-hydrogen) atoms. The molecule has 3 rings (SSSR count). The standard InChI is InChI=1S/C16H15ClN4O2S2/c1-10(14(22)19-12-6-4-11(17)5-7-12)24-16-21-20-15(25-16)18-9-13-3-2-8-23-13/h2-8,10H,9H2,1H3,(H,18,20)(H,19,22)/t10-/m1/s1. The molecule has 0 radical (unpaired) electrons. The smallest absolute Gasteiger partial charge is 0.237 e.